The Kier molecular flexibility index (Phi) is 9.39. The number of carbonyl (C=O) groups excluding carboxylic acids is 1. The molecule has 39 heavy (non-hydrogen) atoms. The number of carbonyl (C=O) groups is 1. The number of fused-ring (bicyclic) bond motifs is 1. The highest BCUT2D eigenvalue weighted by Gasteiger charge is 2.38. The standard InChI is InChI=1S/C29H38F3N3O3S/c1-20(2)18-33-19-22-14-13-21-8-3-4-12-26(21)28(22)34-27(36)17-24-10-5-6-15-35(24)39(37,38)25-11-7-9-23(16-25)29(30,31)32/h3-4,7-9,11-12,16,20,22,24,28,33H,5-6,10,13-15,17-19H2,1-2H3,(H,34,36)/t22?,24-,28?/m0/s1. The summed E-state index contributed by atoms with van der Waals surface area (Å²) in [6, 6.07) is 11.1. The van der Waals surface area contributed by atoms with Crippen LogP contribution in [0.2, 0.25) is 0 Å². The van der Waals surface area contributed by atoms with E-state index in [1.807, 2.05) is 18.2 Å². The molecule has 2 aromatic carbocycles. The van der Waals surface area contributed by atoms with E-state index >= 15 is 0 Å². The molecular weight excluding hydrogens is 527 g/mol. The number of amides is 1. The second-order valence-electron chi connectivity index (χ2n) is 11.1. The maximum Gasteiger partial charge on any atom is 0.416 e. The fourth-order valence-electron chi connectivity index (χ4n) is 5.71. The van der Waals surface area contributed by atoms with E-state index in [1.165, 1.54) is 15.9 Å². The van der Waals surface area contributed by atoms with Gasteiger partial charge in [-0.1, -0.05) is 50.6 Å². The largest absolute Gasteiger partial charge is 0.416 e. The molecule has 0 radical (unpaired) electrons. The number of hydrogen-bond donors (Lipinski definition) is 2. The van der Waals surface area contributed by atoms with Crippen LogP contribution in [-0.2, 0) is 27.4 Å². The van der Waals surface area contributed by atoms with Crippen molar-refractivity contribution in [3.63, 3.8) is 0 Å². The molecule has 0 aromatic heterocycles. The van der Waals surface area contributed by atoms with Crippen molar-refractivity contribution in [1.29, 1.82) is 0 Å². The van der Waals surface area contributed by atoms with Gasteiger partial charge in [0, 0.05) is 25.6 Å². The molecule has 1 fully saturated rings. The van der Waals surface area contributed by atoms with Crippen LogP contribution in [0.4, 0.5) is 13.2 Å². The van der Waals surface area contributed by atoms with Gasteiger partial charge < -0.3 is 10.6 Å². The van der Waals surface area contributed by atoms with Crippen molar-refractivity contribution in [1.82, 2.24) is 14.9 Å². The van der Waals surface area contributed by atoms with Gasteiger partial charge in [0.05, 0.1) is 16.5 Å². The molecule has 0 bridgehead atoms. The van der Waals surface area contributed by atoms with Gasteiger partial charge in [-0.25, -0.2) is 8.42 Å². The van der Waals surface area contributed by atoms with Crippen molar-refractivity contribution in [2.75, 3.05) is 19.6 Å². The normalized spacial score (nSPS) is 22.5. The van der Waals surface area contributed by atoms with Gasteiger partial charge in [0.25, 0.3) is 0 Å². The molecule has 2 aromatic rings. The Morgan fingerprint density at radius 2 is 1.85 bits per heavy atom. The van der Waals surface area contributed by atoms with Gasteiger partial charge in [-0.2, -0.15) is 17.5 Å². The van der Waals surface area contributed by atoms with E-state index in [9.17, 15) is 26.4 Å². The summed E-state index contributed by atoms with van der Waals surface area (Å²) in [6.07, 6.45) is -1.01. The van der Waals surface area contributed by atoms with Gasteiger partial charge in [-0.3, -0.25) is 4.79 Å². The number of aryl methyl sites for hydroxylation is 1. The van der Waals surface area contributed by atoms with E-state index in [1.54, 1.807) is 0 Å². The van der Waals surface area contributed by atoms with Crippen LogP contribution in [0.1, 0.15) is 68.7 Å². The van der Waals surface area contributed by atoms with E-state index in [4.69, 9.17) is 0 Å². The van der Waals surface area contributed by atoms with Gasteiger partial charge in [0.1, 0.15) is 0 Å². The molecule has 4 rings (SSSR count). The second kappa shape index (κ2) is 12.4. The molecule has 214 valence electrons. The van der Waals surface area contributed by atoms with Crippen molar-refractivity contribution >= 4 is 15.9 Å². The molecule has 2 unspecified atom stereocenters. The third-order valence-corrected chi connectivity index (χ3v) is 9.63. The third-order valence-electron chi connectivity index (χ3n) is 7.68. The van der Waals surface area contributed by atoms with Crippen LogP contribution < -0.4 is 10.6 Å². The molecule has 1 aliphatic heterocycles. The lowest BCUT2D eigenvalue weighted by atomic mass is 9.79. The van der Waals surface area contributed by atoms with Gasteiger partial charge in [-0.15, -0.1) is 0 Å². The number of nitrogens with one attached hydrogen (secondary N) is 2. The fraction of sp³-hybridized carbons (Fsp3) is 0.552. The molecule has 1 saturated heterocycles. The van der Waals surface area contributed by atoms with Crippen molar-refractivity contribution in [3.8, 4) is 0 Å². The molecule has 2 N–H and O–H groups in total. The third kappa shape index (κ3) is 7.21. The van der Waals surface area contributed by atoms with E-state index in [0.29, 0.717) is 24.8 Å². The maximum atomic E-state index is 13.5. The van der Waals surface area contributed by atoms with E-state index in [0.717, 1.165) is 50.0 Å². The van der Waals surface area contributed by atoms with E-state index < -0.39 is 32.7 Å². The van der Waals surface area contributed by atoms with Crippen LogP contribution in [-0.4, -0.2) is 44.3 Å². The summed E-state index contributed by atoms with van der Waals surface area (Å²) in [5.74, 6) is 0.450. The van der Waals surface area contributed by atoms with Crippen molar-refractivity contribution in [2.24, 2.45) is 11.8 Å². The second-order valence-corrected chi connectivity index (χ2v) is 13.0. The van der Waals surface area contributed by atoms with Crippen molar-refractivity contribution in [2.45, 2.75) is 75.5 Å². The van der Waals surface area contributed by atoms with Gasteiger partial charge in [-0.05, 0) is 73.4 Å². The number of sulfonamides is 1. The molecule has 1 heterocycles. The van der Waals surface area contributed by atoms with Crippen LogP contribution in [0.15, 0.2) is 53.4 Å². The first-order valence-corrected chi connectivity index (χ1v) is 15.2. The highest BCUT2D eigenvalue weighted by atomic mass is 32.2. The number of piperidine rings is 1. The Balaban J connectivity index is 1.51. The molecule has 0 spiro atoms. The van der Waals surface area contributed by atoms with Crippen molar-refractivity contribution < 1.29 is 26.4 Å². The summed E-state index contributed by atoms with van der Waals surface area (Å²) < 4.78 is 67.9. The van der Waals surface area contributed by atoms with Crippen LogP contribution >= 0.6 is 0 Å². The highest BCUT2D eigenvalue weighted by Crippen LogP contribution is 2.36. The lowest BCUT2D eigenvalue weighted by molar-refractivity contribution is -0.137. The lowest BCUT2D eigenvalue weighted by Crippen LogP contribution is -2.47. The number of hydrogen-bond acceptors (Lipinski definition) is 4. The molecule has 1 amide bonds. The zero-order chi connectivity index (χ0) is 28.2. The Morgan fingerprint density at radius 3 is 2.59 bits per heavy atom. The molecule has 1 aliphatic carbocycles. The first-order chi connectivity index (χ1) is 18.5. The number of nitrogens with zero attached hydrogens (tertiary/aromatic N) is 1. The molecule has 3 atom stereocenters. The Morgan fingerprint density at radius 1 is 1.08 bits per heavy atom. The Hall–Kier alpha value is -2.43. The molecule has 6 nitrogen and oxygen atoms in total. The zero-order valence-corrected chi connectivity index (χ0v) is 23.3. The summed E-state index contributed by atoms with van der Waals surface area (Å²) in [4.78, 5) is 13.0. The predicted molar refractivity (Wildman–Crippen MR) is 144 cm³/mol. The summed E-state index contributed by atoms with van der Waals surface area (Å²) >= 11 is 0. The lowest BCUT2D eigenvalue weighted by Gasteiger charge is -2.37. The summed E-state index contributed by atoms with van der Waals surface area (Å²) in [6.45, 7) is 6.10. The van der Waals surface area contributed by atoms with Gasteiger partial charge >= 0.3 is 6.18 Å². The first-order valence-electron chi connectivity index (χ1n) is 13.7. The zero-order valence-electron chi connectivity index (χ0n) is 22.5. The fourth-order valence-corrected chi connectivity index (χ4v) is 7.45. The minimum Gasteiger partial charge on any atom is -0.349 e. The average Bonchev–Trinajstić information content (AvgIpc) is 2.89. The monoisotopic (exact) mass is 565 g/mol. The van der Waals surface area contributed by atoms with E-state index in [2.05, 4.69) is 30.5 Å². The van der Waals surface area contributed by atoms with Crippen LogP contribution in [0.5, 0.6) is 0 Å². The van der Waals surface area contributed by atoms with Crippen molar-refractivity contribution in [3.05, 3.63) is 65.2 Å². The average molecular weight is 566 g/mol. The first kappa shape index (κ1) is 29.6. The minimum absolute atomic E-state index is 0.0387. The quantitative estimate of drug-likeness (QED) is 0.432. The van der Waals surface area contributed by atoms with E-state index in [-0.39, 0.29) is 30.8 Å². The molecule has 0 saturated carbocycles. The molecule has 2 aliphatic rings. The SMILES string of the molecule is CC(C)CNCC1CCc2ccccc2C1NC(=O)C[C@@H]1CCCCN1S(=O)(=O)c1cccc(C(F)(F)F)c1. The summed E-state index contributed by atoms with van der Waals surface area (Å²) in [5, 5.41) is 6.71. The number of alkyl halides is 3. The Bertz CT molecular complexity index is 1250. The number of rotatable bonds is 9. The number of halogens is 3. The summed E-state index contributed by atoms with van der Waals surface area (Å²) in [5.41, 5.74) is 1.28. The highest BCUT2D eigenvalue weighted by molar-refractivity contribution is 7.89. The summed E-state index contributed by atoms with van der Waals surface area (Å²) in [7, 11) is -4.21. The Labute approximate surface area is 229 Å². The molecule has 10 heteroatoms. The smallest absolute Gasteiger partial charge is 0.349 e. The topological polar surface area (TPSA) is 78.5 Å². The predicted octanol–water partition coefficient (Wildman–Crippen LogP) is 5.30. The van der Waals surface area contributed by atoms with Crippen LogP contribution in [0.25, 0.3) is 0 Å². The number of benzene rings is 2. The van der Waals surface area contributed by atoms with Gasteiger partial charge in [0.2, 0.25) is 15.9 Å². The van der Waals surface area contributed by atoms with Crippen LogP contribution in [0, 0.1) is 11.8 Å². The van der Waals surface area contributed by atoms with Gasteiger partial charge in [0.15, 0.2) is 0 Å². The molecular formula is C29H38F3N3O3S. The minimum atomic E-state index is -4.65. The van der Waals surface area contributed by atoms with Crippen LogP contribution in [0.3, 0.4) is 0 Å². The maximum absolute atomic E-state index is 13.5.